The van der Waals surface area contributed by atoms with Crippen molar-refractivity contribution in [1.82, 2.24) is 5.32 Å². The summed E-state index contributed by atoms with van der Waals surface area (Å²) in [5, 5.41) is 20.0. The van der Waals surface area contributed by atoms with E-state index >= 15 is 0 Å². The molecule has 3 N–H and O–H groups in total. The van der Waals surface area contributed by atoms with E-state index in [1.54, 1.807) is 12.1 Å². The van der Waals surface area contributed by atoms with Gasteiger partial charge >= 0.3 is 0 Å². The van der Waals surface area contributed by atoms with Crippen molar-refractivity contribution in [2.45, 2.75) is 10.9 Å². The van der Waals surface area contributed by atoms with Crippen LogP contribution in [0.15, 0.2) is 29.2 Å². The van der Waals surface area contributed by atoms with E-state index in [4.69, 9.17) is 10.2 Å². The molecule has 0 spiro atoms. The molecule has 0 aliphatic carbocycles. The number of thioether (sulfide) groups is 1. The molecule has 0 fully saturated rings. The number of rotatable bonds is 6. The molecule has 0 saturated carbocycles. The van der Waals surface area contributed by atoms with E-state index in [1.165, 1.54) is 23.9 Å². The van der Waals surface area contributed by atoms with E-state index in [0.717, 1.165) is 4.90 Å². The van der Waals surface area contributed by atoms with Gasteiger partial charge in [-0.3, -0.25) is 4.79 Å². The summed E-state index contributed by atoms with van der Waals surface area (Å²) in [6.45, 7) is -0.604. The zero-order chi connectivity index (χ0) is 12.7. The highest BCUT2D eigenvalue weighted by atomic mass is 32.2. The minimum Gasteiger partial charge on any atom is -0.394 e. The van der Waals surface area contributed by atoms with Crippen LogP contribution in [0.4, 0.5) is 4.39 Å². The lowest BCUT2D eigenvalue weighted by Gasteiger charge is -2.12. The van der Waals surface area contributed by atoms with Gasteiger partial charge in [-0.25, -0.2) is 4.39 Å². The maximum absolute atomic E-state index is 12.6. The van der Waals surface area contributed by atoms with Crippen LogP contribution in [0.5, 0.6) is 0 Å². The van der Waals surface area contributed by atoms with Crippen molar-refractivity contribution >= 4 is 17.7 Å². The Morgan fingerprint density at radius 3 is 2.41 bits per heavy atom. The standard InChI is InChI=1S/C11H14FNO3S/c12-8-1-3-10(4-2-8)17-7-11(16)13-9(5-14)6-15/h1-4,9,14-15H,5-7H2,(H,13,16). The molecule has 6 heteroatoms. The number of hydrogen-bond acceptors (Lipinski definition) is 4. The Labute approximate surface area is 103 Å². The number of hydrogen-bond donors (Lipinski definition) is 3. The lowest BCUT2D eigenvalue weighted by Crippen LogP contribution is -2.40. The van der Waals surface area contributed by atoms with Crippen LogP contribution in [0.2, 0.25) is 0 Å². The number of nitrogens with one attached hydrogen (secondary N) is 1. The number of amides is 1. The van der Waals surface area contributed by atoms with Gasteiger partial charge in [0, 0.05) is 4.90 Å². The molecule has 1 aromatic carbocycles. The molecule has 1 amide bonds. The van der Waals surface area contributed by atoms with E-state index in [-0.39, 0.29) is 30.7 Å². The molecule has 0 atom stereocenters. The maximum Gasteiger partial charge on any atom is 0.230 e. The first-order valence-corrected chi connectivity index (χ1v) is 6.03. The monoisotopic (exact) mass is 259 g/mol. The second-order valence-electron chi connectivity index (χ2n) is 3.37. The first-order valence-electron chi connectivity index (χ1n) is 5.05. The maximum atomic E-state index is 12.6. The van der Waals surface area contributed by atoms with Crippen LogP contribution in [-0.4, -0.2) is 41.1 Å². The van der Waals surface area contributed by atoms with Gasteiger partial charge in [-0.05, 0) is 24.3 Å². The molecule has 0 radical (unpaired) electrons. The van der Waals surface area contributed by atoms with Crippen LogP contribution in [-0.2, 0) is 4.79 Å². The van der Waals surface area contributed by atoms with Crippen molar-refractivity contribution in [3.8, 4) is 0 Å². The van der Waals surface area contributed by atoms with Crippen LogP contribution in [0, 0.1) is 5.82 Å². The fourth-order valence-corrected chi connectivity index (χ4v) is 1.81. The van der Waals surface area contributed by atoms with E-state index in [9.17, 15) is 9.18 Å². The zero-order valence-corrected chi connectivity index (χ0v) is 9.91. The molecular weight excluding hydrogens is 245 g/mol. The Balaban J connectivity index is 2.35. The minimum absolute atomic E-state index is 0.155. The van der Waals surface area contributed by atoms with Gasteiger partial charge in [0.15, 0.2) is 0 Å². The number of carbonyl (C=O) groups is 1. The predicted octanol–water partition coefficient (Wildman–Crippen LogP) is 0.387. The Kier molecular flexibility index (Phi) is 5.96. The van der Waals surface area contributed by atoms with Crippen molar-refractivity contribution in [2.75, 3.05) is 19.0 Å². The zero-order valence-electron chi connectivity index (χ0n) is 9.10. The minimum atomic E-state index is -0.628. The first kappa shape index (κ1) is 14.0. The highest BCUT2D eigenvalue weighted by Gasteiger charge is 2.10. The van der Waals surface area contributed by atoms with Crippen LogP contribution < -0.4 is 5.32 Å². The fraction of sp³-hybridized carbons (Fsp3) is 0.364. The van der Waals surface area contributed by atoms with Crippen LogP contribution >= 0.6 is 11.8 Å². The molecule has 94 valence electrons. The SMILES string of the molecule is O=C(CSc1ccc(F)cc1)NC(CO)CO. The molecule has 0 heterocycles. The number of benzene rings is 1. The van der Waals surface area contributed by atoms with Gasteiger partial charge in [-0.15, -0.1) is 11.8 Å². The molecule has 0 aromatic heterocycles. The predicted molar refractivity (Wildman–Crippen MR) is 63.2 cm³/mol. The lowest BCUT2D eigenvalue weighted by molar-refractivity contribution is -0.119. The van der Waals surface area contributed by atoms with Gasteiger partial charge in [0.1, 0.15) is 5.82 Å². The van der Waals surface area contributed by atoms with Gasteiger partial charge < -0.3 is 15.5 Å². The van der Waals surface area contributed by atoms with Crippen molar-refractivity contribution in [3.05, 3.63) is 30.1 Å². The summed E-state index contributed by atoms with van der Waals surface area (Å²) in [7, 11) is 0. The summed E-state index contributed by atoms with van der Waals surface area (Å²) in [5.74, 6) is -0.450. The van der Waals surface area contributed by atoms with Crippen LogP contribution in [0.1, 0.15) is 0 Å². The Hall–Kier alpha value is -1.11. The molecule has 0 unspecified atom stereocenters. The highest BCUT2D eigenvalue weighted by Crippen LogP contribution is 2.17. The lowest BCUT2D eigenvalue weighted by atomic mass is 10.3. The fourth-order valence-electron chi connectivity index (χ4n) is 1.10. The molecule has 4 nitrogen and oxygen atoms in total. The van der Waals surface area contributed by atoms with Crippen molar-refractivity contribution < 1.29 is 19.4 Å². The summed E-state index contributed by atoms with van der Waals surface area (Å²) < 4.78 is 12.6. The summed E-state index contributed by atoms with van der Waals surface area (Å²) in [5.41, 5.74) is 0. The summed E-state index contributed by atoms with van der Waals surface area (Å²) in [6.07, 6.45) is 0. The Morgan fingerprint density at radius 1 is 1.29 bits per heavy atom. The van der Waals surface area contributed by atoms with Crippen LogP contribution in [0.3, 0.4) is 0 Å². The molecule has 17 heavy (non-hydrogen) atoms. The smallest absolute Gasteiger partial charge is 0.230 e. The second kappa shape index (κ2) is 7.26. The summed E-state index contributed by atoms with van der Waals surface area (Å²) in [4.78, 5) is 12.2. The second-order valence-corrected chi connectivity index (χ2v) is 4.42. The van der Waals surface area contributed by atoms with Gasteiger partial charge in [-0.2, -0.15) is 0 Å². The Morgan fingerprint density at radius 2 is 1.88 bits per heavy atom. The molecule has 0 aliphatic heterocycles. The molecule has 0 aliphatic rings. The summed E-state index contributed by atoms with van der Waals surface area (Å²) in [6, 6.07) is 5.19. The average Bonchev–Trinajstić information content (AvgIpc) is 2.35. The topological polar surface area (TPSA) is 69.6 Å². The molecule has 0 saturated heterocycles. The quantitative estimate of drug-likeness (QED) is 0.646. The third-order valence-electron chi connectivity index (χ3n) is 1.99. The number of aliphatic hydroxyl groups excluding tert-OH is 2. The van der Waals surface area contributed by atoms with E-state index in [2.05, 4.69) is 5.32 Å². The van der Waals surface area contributed by atoms with E-state index in [1.807, 2.05) is 0 Å². The average molecular weight is 259 g/mol. The highest BCUT2D eigenvalue weighted by molar-refractivity contribution is 8.00. The third-order valence-corrected chi connectivity index (χ3v) is 3.00. The number of halogens is 1. The van der Waals surface area contributed by atoms with Crippen molar-refractivity contribution in [1.29, 1.82) is 0 Å². The van der Waals surface area contributed by atoms with Crippen molar-refractivity contribution in [3.63, 3.8) is 0 Å². The number of aliphatic hydroxyl groups is 2. The largest absolute Gasteiger partial charge is 0.394 e. The Bertz CT molecular complexity index is 354. The van der Waals surface area contributed by atoms with Gasteiger partial charge in [0.25, 0.3) is 0 Å². The van der Waals surface area contributed by atoms with Gasteiger partial charge in [0.2, 0.25) is 5.91 Å². The summed E-state index contributed by atoms with van der Waals surface area (Å²) >= 11 is 1.26. The van der Waals surface area contributed by atoms with E-state index in [0.29, 0.717) is 0 Å². The molecule has 0 bridgehead atoms. The normalized spacial score (nSPS) is 10.6. The van der Waals surface area contributed by atoms with Crippen molar-refractivity contribution in [2.24, 2.45) is 0 Å². The van der Waals surface area contributed by atoms with Gasteiger partial charge in [-0.1, -0.05) is 0 Å². The van der Waals surface area contributed by atoms with Crippen LogP contribution in [0.25, 0.3) is 0 Å². The van der Waals surface area contributed by atoms with E-state index < -0.39 is 6.04 Å². The van der Waals surface area contributed by atoms with Gasteiger partial charge in [0.05, 0.1) is 25.0 Å². The molecular formula is C11H14FNO3S. The molecule has 1 rings (SSSR count). The third kappa shape index (κ3) is 5.16. The molecule has 1 aromatic rings. The first-order chi connectivity index (χ1) is 8.15. The number of carbonyl (C=O) groups excluding carboxylic acids is 1.